The summed E-state index contributed by atoms with van der Waals surface area (Å²) in [5.74, 6) is 0. The van der Waals surface area contributed by atoms with E-state index in [0.29, 0.717) is 32.7 Å². The van der Waals surface area contributed by atoms with Gasteiger partial charge < -0.3 is 9.42 Å². The zero-order chi connectivity index (χ0) is 17.2. The minimum Gasteiger partial charge on any atom is -0.368 e. The van der Waals surface area contributed by atoms with Crippen LogP contribution in [0.15, 0.2) is 35.1 Å². The summed E-state index contributed by atoms with van der Waals surface area (Å²) >= 11 is 0. The van der Waals surface area contributed by atoms with Gasteiger partial charge in [0.1, 0.15) is 6.26 Å². The number of alkyl halides is 3. The van der Waals surface area contributed by atoms with Crippen molar-refractivity contribution in [1.82, 2.24) is 10.1 Å². The number of benzene rings is 1. The third-order valence-electron chi connectivity index (χ3n) is 4.02. The van der Waals surface area contributed by atoms with Gasteiger partial charge in [0.05, 0.1) is 28.6 Å². The van der Waals surface area contributed by atoms with Gasteiger partial charge in [0.15, 0.2) is 0 Å². The van der Waals surface area contributed by atoms with Crippen LogP contribution in [0, 0.1) is 11.3 Å². The number of nitrogens with zero attached hydrogens (tertiary/aromatic N) is 4. The van der Waals surface area contributed by atoms with E-state index in [2.05, 4.69) is 10.1 Å². The Kier molecular flexibility index (Phi) is 4.44. The summed E-state index contributed by atoms with van der Waals surface area (Å²) < 4.78 is 44.5. The quantitative estimate of drug-likeness (QED) is 0.863. The van der Waals surface area contributed by atoms with Crippen LogP contribution in [0.4, 0.5) is 18.9 Å². The molecule has 1 aliphatic rings. The fraction of sp³-hybridized carbons (Fsp3) is 0.375. The predicted molar refractivity (Wildman–Crippen MR) is 80.2 cm³/mol. The molecule has 0 N–H and O–H groups in total. The number of rotatable bonds is 3. The Balaban J connectivity index is 1.75. The number of halogens is 3. The summed E-state index contributed by atoms with van der Waals surface area (Å²) in [6.45, 7) is 2.74. The molecule has 1 fully saturated rings. The second-order valence-electron chi connectivity index (χ2n) is 5.60. The average Bonchev–Trinajstić information content (AvgIpc) is 3.07. The molecule has 1 aromatic carbocycles. The first kappa shape index (κ1) is 16.3. The van der Waals surface area contributed by atoms with E-state index in [1.54, 1.807) is 11.0 Å². The summed E-state index contributed by atoms with van der Waals surface area (Å²) in [5.41, 5.74) is 0.392. The maximum atomic E-state index is 13.2. The largest absolute Gasteiger partial charge is 0.418 e. The normalized spacial score (nSPS) is 16.2. The third kappa shape index (κ3) is 3.51. The van der Waals surface area contributed by atoms with Gasteiger partial charge in [0.25, 0.3) is 0 Å². The molecule has 1 aliphatic heterocycles. The average molecular weight is 336 g/mol. The van der Waals surface area contributed by atoms with Crippen LogP contribution in [0.3, 0.4) is 0 Å². The molecular formula is C16H15F3N4O. The lowest BCUT2D eigenvalue weighted by Gasteiger charge is -2.36. The van der Waals surface area contributed by atoms with Gasteiger partial charge in [0, 0.05) is 38.8 Å². The molecule has 24 heavy (non-hydrogen) atoms. The molecule has 3 rings (SSSR count). The lowest BCUT2D eigenvalue weighted by molar-refractivity contribution is -0.137. The fourth-order valence-corrected chi connectivity index (χ4v) is 2.80. The van der Waals surface area contributed by atoms with Gasteiger partial charge in [-0.1, -0.05) is 5.16 Å². The number of nitriles is 1. The second-order valence-corrected chi connectivity index (χ2v) is 5.60. The molecule has 2 aromatic rings. The molecule has 1 aromatic heterocycles. The first-order valence-electron chi connectivity index (χ1n) is 7.45. The Morgan fingerprint density at radius 2 is 1.92 bits per heavy atom. The van der Waals surface area contributed by atoms with Crippen LogP contribution in [0.2, 0.25) is 0 Å². The highest BCUT2D eigenvalue weighted by molar-refractivity contribution is 5.59. The SMILES string of the molecule is N#Cc1ccc(C(F)(F)F)c(N2CCN(Cc3ccon3)CC2)c1. The molecule has 0 radical (unpaired) electrons. The second kappa shape index (κ2) is 6.53. The molecule has 8 heteroatoms. The molecule has 0 atom stereocenters. The highest BCUT2D eigenvalue weighted by Crippen LogP contribution is 2.37. The van der Waals surface area contributed by atoms with Gasteiger partial charge >= 0.3 is 6.18 Å². The summed E-state index contributed by atoms with van der Waals surface area (Å²) in [6, 6.07) is 7.17. The van der Waals surface area contributed by atoms with Crippen LogP contribution in [-0.2, 0) is 12.7 Å². The minimum atomic E-state index is -4.44. The van der Waals surface area contributed by atoms with E-state index in [1.165, 1.54) is 18.4 Å². The van der Waals surface area contributed by atoms with Gasteiger partial charge in [-0.2, -0.15) is 18.4 Å². The molecule has 1 saturated heterocycles. The van der Waals surface area contributed by atoms with Gasteiger partial charge in [0.2, 0.25) is 0 Å². The lowest BCUT2D eigenvalue weighted by atomic mass is 10.1. The number of anilines is 1. The summed E-state index contributed by atoms with van der Waals surface area (Å²) in [6.07, 6.45) is -2.95. The zero-order valence-electron chi connectivity index (χ0n) is 12.8. The Bertz CT molecular complexity index is 729. The molecule has 126 valence electrons. The Morgan fingerprint density at radius 3 is 2.50 bits per heavy atom. The zero-order valence-corrected chi connectivity index (χ0v) is 12.8. The number of piperazine rings is 1. The number of aromatic nitrogens is 1. The number of hydrogen-bond acceptors (Lipinski definition) is 5. The van der Waals surface area contributed by atoms with Gasteiger partial charge in [-0.3, -0.25) is 4.90 Å². The molecule has 5 nitrogen and oxygen atoms in total. The lowest BCUT2D eigenvalue weighted by Crippen LogP contribution is -2.46. The van der Waals surface area contributed by atoms with Crippen LogP contribution in [0.1, 0.15) is 16.8 Å². The molecule has 2 heterocycles. The summed E-state index contributed by atoms with van der Waals surface area (Å²) in [4.78, 5) is 3.79. The molecular weight excluding hydrogens is 321 g/mol. The Morgan fingerprint density at radius 1 is 1.17 bits per heavy atom. The van der Waals surface area contributed by atoms with Gasteiger partial charge in [-0.25, -0.2) is 0 Å². The van der Waals surface area contributed by atoms with Crippen LogP contribution < -0.4 is 4.90 Å². The number of hydrogen-bond donors (Lipinski definition) is 0. The van der Waals surface area contributed by atoms with Crippen molar-refractivity contribution in [2.75, 3.05) is 31.1 Å². The van der Waals surface area contributed by atoms with Crippen molar-refractivity contribution >= 4 is 5.69 Å². The highest BCUT2D eigenvalue weighted by atomic mass is 19.4. The third-order valence-corrected chi connectivity index (χ3v) is 4.02. The van der Waals surface area contributed by atoms with Crippen LogP contribution in [0.25, 0.3) is 0 Å². The molecule has 0 saturated carbocycles. The van der Waals surface area contributed by atoms with Crippen molar-refractivity contribution in [2.24, 2.45) is 0 Å². The smallest absolute Gasteiger partial charge is 0.368 e. The maximum Gasteiger partial charge on any atom is 0.418 e. The van der Waals surface area contributed by atoms with Gasteiger partial charge in [-0.15, -0.1) is 0 Å². The molecule has 0 spiro atoms. The molecule has 0 unspecified atom stereocenters. The Labute approximate surface area is 136 Å². The van der Waals surface area contributed by atoms with E-state index in [1.807, 2.05) is 6.07 Å². The fourth-order valence-electron chi connectivity index (χ4n) is 2.80. The Hall–Kier alpha value is -2.53. The summed E-state index contributed by atoms with van der Waals surface area (Å²) in [5, 5.41) is 12.8. The summed E-state index contributed by atoms with van der Waals surface area (Å²) in [7, 11) is 0. The van der Waals surface area contributed by atoms with E-state index in [4.69, 9.17) is 9.78 Å². The molecule has 0 aliphatic carbocycles. The topological polar surface area (TPSA) is 56.3 Å². The predicted octanol–water partition coefficient (Wildman–Crippen LogP) is 2.89. The highest BCUT2D eigenvalue weighted by Gasteiger charge is 2.35. The van der Waals surface area contributed by atoms with Crippen LogP contribution in [-0.4, -0.2) is 36.2 Å². The monoisotopic (exact) mass is 336 g/mol. The van der Waals surface area contributed by atoms with Crippen molar-refractivity contribution in [3.05, 3.63) is 47.3 Å². The first-order valence-corrected chi connectivity index (χ1v) is 7.45. The van der Waals surface area contributed by atoms with Crippen LogP contribution >= 0.6 is 0 Å². The minimum absolute atomic E-state index is 0.0719. The van der Waals surface area contributed by atoms with Crippen molar-refractivity contribution in [3.8, 4) is 6.07 Å². The van der Waals surface area contributed by atoms with E-state index in [-0.39, 0.29) is 11.3 Å². The van der Waals surface area contributed by atoms with E-state index >= 15 is 0 Å². The van der Waals surface area contributed by atoms with Crippen LogP contribution in [0.5, 0.6) is 0 Å². The van der Waals surface area contributed by atoms with Crippen molar-refractivity contribution in [2.45, 2.75) is 12.7 Å². The molecule has 0 bridgehead atoms. The van der Waals surface area contributed by atoms with E-state index in [0.717, 1.165) is 11.8 Å². The van der Waals surface area contributed by atoms with Crippen molar-refractivity contribution in [3.63, 3.8) is 0 Å². The van der Waals surface area contributed by atoms with E-state index < -0.39 is 11.7 Å². The maximum absolute atomic E-state index is 13.2. The van der Waals surface area contributed by atoms with Gasteiger partial charge in [-0.05, 0) is 18.2 Å². The van der Waals surface area contributed by atoms with Crippen molar-refractivity contribution < 1.29 is 17.7 Å². The standard InChI is InChI=1S/C16H15F3N4O/c17-16(18,19)14-2-1-12(10-20)9-15(14)23-6-4-22(5-7-23)11-13-3-8-24-21-13/h1-3,8-9H,4-7,11H2. The molecule has 0 amide bonds. The van der Waals surface area contributed by atoms with E-state index in [9.17, 15) is 13.2 Å². The first-order chi connectivity index (χ1) is 11.5. The van der Waals surface area contributed by atoms with Crippen molar-refractivity contribution in [1.29, 1.82) is 5.26 Å².